The summed E-state index contributed by atoms with van der Waals surface area (Å²) >= 11 is 0. The highest BCUT2D eigenvalue weighted by Crippen LogP contribution is 2.23. The molecule has 1 rings (SSSR count). The lowest BCUT2D eigenvalue weighted by Crippen LogP contribution is -2.42. The van der Waals surface area contributed by atoms with Gasteiger partial charge in [0.2, 0.25) is 11.8 Å². The molecule has 2 unspecified atom stereocenters. The van der Waals surface area contributed by atoms with E-state index in [1.165, 1.54) is 6.42 Å². The summed E-state index contributed by atoms with van der Waals surface area (Å²) in [7, 11) is 1.81. The van der Waals surface area contributed by atoms with Crippen molar-refractivity contribution in [2.75, 3.05) is 13.6 Å². The molecule has 3 N–H and O–H groups in total. The molecule has 1 fully saturated rings. The number of carbonyl (C=O) groups is 2. The van der Waals surface area contributed by atoms with Crippen molar-refractivity contribution in [2.45, 2.75) is 77.8 Å². The lowest BCUT2D eigenvalue weighted by molar-refractivity contribution is -0.131. The maximum atomic E-state index is 12.2. The zero-order chi connectivity index (χ0) is 17.4. The van der Waals surface area contributed by atoms with Crippen molar-refractivity contribution < 1.29 is 9.59 Å². The second-order valence-electron chi connectivity index (χ2n) is 7.46. The van der Waals surface area contributed by atoms with Crippen LogP contribution in [0.2, 0.25) is 0 Å². The van der Waals surface area contributed by atoms with Crippen LogP contribution in [0.25, 0.3) is 0 Å². The van der Waals surface area contributed by atoms with Crippen molar-refractivity contribution in [1.29, 1.82) is 0 Å². The molecular weight excluding hydrogens is 290 g/mol. The van der Waals surface area contributed by atoms with Gasteiger partial charge in [0, 0.05) is 38.0 Å². The molecule has 134 valence electrons. The van der Waals surface area contributed by atoms with E-state index in [0.29, 0.717) is 18.9 Å². The lowest BCUT2D eigenvalue weighted by atomic mass is 9.88. The standard InChI is InChI=1S/C18H35N3O2/c1-13(2)16(19)10-11-21(4)17(22)12-14(3)20-18(23)15-8-6-5-7-9-15/h13-16H,5-12,19H2,1-4H3,(H,20,23). The Morgan fingerprint density at radius 2 is 1.78 bits per heavy atom. The lowest BCUT2D eigenvalue weighted by Gasteiger charge is -2.25. The molecule has 1 saturated carbocycles. The number of amides is 2. The molecule has 2 atom stereocenters. The third kappa shape index (κ3) is 7.34. The molecular formula is C18H35N3O2. The highest BCUT2D eigenvalue weighted by molar-refractivity contribution is 5.81. The van der Waals surface area contributed by atoms with Crippen LogP contribution in [-0.4, -0.2) is 42.4 Å². The summed E-state index contributed by atoms with van der Waals surface area (Å²) in [6.45, 7) is 6.76. The fourth-order valence-electron chi connectivity index (χ4n) is 3.00. The smallest absolute Gasteiger partial charge is 0.224 e. The van der Waals surface area contributed by atoms with Crippen LogP contribution < -0.4 is 11.1 Å². The van der Waals surface area contributed by atoms with Gasteiger partial charge in [-0.3, -0.25) is 9.59 Å². The topological polar surface area (TPSA) is 75.4 Å². The fraction of sp³-hybridized carbons (Fsp3) is 0.889. The van der Waals surface area contributed by atoms with Gasteiger partial charge >= 0.3 is 0 Å². The molecule has 0 aromatic rings. The van der Waals surface area contributed by atoms with E-state index in [9.17, 15) is 9.59 Å². The highest BCUT2D eigenvalue weighted by Gasteiger charge is 2.23. The van der Waals surface area contributed by atoms with Crippen molar-refractivity contribution in [3.8, 4) is 0 Å². The predicted molar refractivity (Wildman–Crippen MR) is 93.9 cm³/mol. The van der Waals surface area contributed by atoms with Gasteiger partial charge in [0.25, 0.3) is 0 Å². The molecule has 5 heteroatoms. The number of nitrogens with zero attached hydrogens (tertiary/aromatic N) is 1. The molecule has 0 aliphatic heterocycles. The number of hydrogen-bond donors (Lipinski definition) is 2. The molecule has 2 amide bonds. The van der Waals surface area contributed by atoms with Crippen LogP contribution in [0.3, 0.4) is 0 Å². The molecule has 23 heavy (non-hydrogen) atoms. The SMILES string of the molecule is CC(CC(=O)N(C)CCC(N)C(C)C)NC(=O)C1CCCCC1. The maximum absolute atomic E-state index is 12.2. The molecule has 0 radical (unpaired) electrons. The first-order chi connectivity index (χ1) is 10.8. The minimum atomic E-state index is -0.113. The first-order valence-corrected chi connectivity index (χ1v) is 9.11. The van der Waals surface area contributed by atoms with E-state index in [1.807, 2.05) is 14.0 Å². The largest absolute Gasteiger partial charge is 0.353 e. The summed E-state index contributed by atoms with van der Waals surface area (Å²) in [5.74, 6) is 0.752. The van der Waals surface area contributed by atoms with Crippen molar-refractivity contribution in [3.63, 3.8) is 0 Å². The van der Waals surface area contributed by atoms with Crippen LogP contribution in [0.5, 0.6) is 0 Å². The Kier molecular flexibility index (Phi) is 8.59. The zero-order valence-corrected chi connectivity index (χ0v) is 15.3. The van der Waals surface area contributed by atoms with Gasteiger partial charge in [-0.25, -0.2) is 0 Å². The van der Waals surface area contributed by atoms with E-state index >= 15 is 0 Å². The van der Waals surface area contributed by atoms with Gasteiger partial charge in [-0.15, -0.1) is 0 Å². The molecule has 1 aliphatic rings. The molecule has 0 heterocycles. The van der Waals surface area contributed by atoms with Gasteiger partial charge in [0.1, 0.15) is 0 Å². The third-order valence-electron chi connectivity index (χ3n) is 4.93. The summed E-state index contributed by atoms with van der Waals surface area (Å²) in [4.78, 5) is 26.2. The van der Waals surface area contributed by atoms with Gasteiger partial charge in [-0.1, -0.05) is 33.1 Å². The monoisotopic (exact) mass is 325 g/mol. The maximum Gasteiger partial charge on any atom is 0.224 e. The summed E-state index contributed by atoms with van der Waals surface area (Å²) < 4.78 is 0. The van der Waals surface area contributed by atoms with Crippen molar-refractivity contribution in [3.05, 3.63) is 0 Å². The molecule has 1 aliphatic carbocycles. The molecule has 0 aromatic carbocycles. The molecule has 5 nitrogen and oxygen atoms in total. The Morgan fingerprint density at radius 1 is 1.17 bits per heavy atom. The fourth-order valence-corrected chi connectivity index (χ4v) is 3.00. The van der Waals surface area contributed by atoms with Crippen LogP contribution in [0.4, 0.5) is 0 Å². The molecule has 0 bridgehead atoms. The van der Waals surface area contributed by atoms with E-state index in [0.717, 1.165) is 32.1 Å². The van der Waals surface area contributed by atoms with Gasteiger partial charge in [0.05, 0.1) is 0 Å². The van der Waals surface area contributed by atoms with Crippen molar-refractivity contribution >= 4 is 11.8 Å². The van der Waals surface area contributed by atoms with Gasteiger partial charge in [0.15, 0.2) is 0 Å². The number of nitrogens with two attached hydrogens (primary N) is 1. The number of carbonyl (C=O) groups excluding carboxylic acids is 2. The average molecular weight is 325 g/mol. The summed E-state index contributed by atoms with van der Waals surface area (Å²) in [6, 6.07) is 0.00632. The van der Waals surface area contributed by atoms with Crippen LogP contribution in [0, 0.1) is 11.8 Å². The number of hydrogen-bond acceptors (Lipinski definition) is 3. The third-order valence-corrected chi connectivity index (χ3v) is 4.93. The van der Waals surface area contributed by atoms with Gasteiger partial charge in [-0.2, -0.15) is 0 Å². The number of rotatable bonds is 8. The zero-order valence-electron chi connectivity index (χ0n) is 15.3. The normalized spacial score (nSPS) is 18.5. The molecule has 0 aromatic heterocycles. The van der Waals surface area contributed by atoms with E-state index in [2.05, 4.69) is 19.2 Å². The van der Waals surface area contributed by atoms with E-state index in [1.54, 1.807) is 4.90 Å². The van der Waals surface area contributed by atoms with Crippen molar-refractivity contribution in [2.24, 2.45) is 17.6 Å². The second-order valence-corrected chi connectivity index (χ2v) is 7.46. The second kappa shape index (κ2) is 9.91. The Hall–Kier alpha value is -1.10. The quantitative estimate of drug-likeness (QED) is 0.719. The average Bonchev–Trinajstić information content (AvgIpc) is 2.52. The Bertz CT molecular complexity index is 378. The number of nitrogens with one attached hydrogen (secondary N) is 1. The predicted octanol–water partition coefficient (Wildman–Crippen LogP) is 2.29. The van der Waals surface area contributed by atoms with Crippen LogP contribution in [0.15, 0.2) is 0 Å². The summed E-state index contributed by atoms with van der Waals surface area (Å²) in [5.41, 5.74) is 6.02. The van der Waals surface area contributed by atoms with Crippen LogP contribution in [-0.2, 0) is 9.59 Å². The first kappa shape index (κ1) is 19.9. The van der Waals surface area contributed by atoms with E-state index in [-0.39, 0.29) is 29.8 Å². The van der Waals surface area contributed by atoms with Gasteiger partial charge < -0.3 is 16.0 Å². The minimum Gasteiger partial charge on any atom is -0.353 e. The molecule has 0 saturated heterocycles. The van der Waals surface area contributed by atoms with E-state index < -0.39 is 0 Å². The Morgan fingerprint density at radius 3 is 2.35 bits per heavy atom. The minimum absolute atomic E-state index is 0.0670. The Balaban J connectivity index is 2.30. The van der Waals surface area contributed by atoms with Crippen LogP contribution in [0.1, 0.15) is 65.7 Å². The molecule has 0 spiro atoms. The first-order valence-electron chi connectivity index (χ1n) is 9.11. The highest BCUT2D eigenvalue weighted by atomic mass is 16.2. The van der Waals surface area contributed by atoms with E-state index in [4.69, 9.17) is 5.73 Å². The summed E-state index contributed by atoms with van der Waals surface area (Å²) in [6.07, 6.45) is 6.66. The summed E-state index contributed by atoms with van der Waals surface area (Å²) in [5, 5.41) is 3.01. The Labute approximate surface area is 141 Å². The van der Waals surface area contributed by atoms with Crippen LogP contribution >= 0.6 is 0 Å². The van der Waals surface area contributed by atoms with Gasteiger partial charge in [-0.05, 0) is 32.1 Å². The van der Waals surface area contributed by atoms with Crippen molar-refractivity contribution in [1.82, 2.24) is 10.2 Å².